The molecule has 8 nitrogen and oxygen atoms in total. The van der Waals surface area contributed by atoms with E-state index in [4.69, 9.17) is 0 Å². The normalized spacial score (nSPS) is 19.1. The fourth-order valence-electron chi connectivity index (χ4n) is 3.00. The summed E-state index contributed by atoms with van der Waals surface area (Å²) in [5.74, 6) is -0.00434. The first-order chi connectivity index (χ1) is 11.6. The maximum absolute atomic E-state index is 12.3. The van der Waals surface area contributed by atoms with E-state index in [1.54, 1.807) is 6.07 Å². The highest BCUT2D eigenvalue weighted by Crippen LogP contribution is 2.18. The van der Waals surface area contributed by atoms with Gasteiger partial charge in [0.05, 0.1) is 6.26 Å². The Morgan fingerprint density at radius 2 is 2.20 bits per heavy atom. The molecule has 0 radical (unpaired) electrons. The van der Waals surface area contributed by atoms with Crippen LogP contribution in [0.2, 0.25) is 0 Å². The number of H-pyrrole nitrogens is 1. The molecule has 0 spiro atoms. The van der Waals surface area contributed by atoms with Gasteiger partial charge in [-0.25, -0.2) is 17.5 Å². The van der Waals surface area contributed by atoms with E-state index in [-0.39, 0.29) is 11.6 Å². The zero-order chi connectivity index (χ0) is 18.6. The monoisotopic (exact) mass is 370 g/mol. The topological polar surface area (TPSA) is 112 Å². The van der Waals surface area contributed by atoms with Gasteiger partial charge in [-0.3, -0.25) is 4.79 Å². The lowest BCUT2D eigenvalue weighted by molar-refractivity contribution is 0.0936. The minimum absolute atomic E-state index is 0.0598. The predicted octanol–water partition coefficient (Wildman–Crippen LogP) is 0.370. The molecule has 1 aromatic rings. The van der Waals surface area contributed by atoms with Crippen molar-refractivity contribution < 1.29 is 13.2 Å². The van der Waals surface area contributed by atoms with E-state index in [2.05, 4.69) is 15.3 Å². The van der Waals surface area contributed by atoms with Crippen molar-refractivity contribution in [1.29, 1.82) is 0 Å². The molecule has 140 valence electrons. The Labute approximate surface area is 148 Å². The SMILES string of the molecule is CC(C)Cc1cc(C(=O)NCC2CCCN(S(C)(=O)=O)C2)nc(=O)[nH]1. The van der Waals surface area contributed by atoms with Gasteiger partial charge in [0.25, 0.3) is 5.91 Å². The summed E-state index contributed by atoms with van der Waals surface area (Å²) in [4.78, 5) is 30.3. The van der Waals surface area contributed by atoms with Gasteiger partial charge < -0.3 is 10.3 Å². The molecule has 1 aromatic heterocycles. The summed E-state index contributed by atoms with van der Waals surface area (Å²) in [7, 11) is -3.21. The largest absolute Gasteiger partial charge is 0.350 e. The molecule has 1 saturated heterocycles. The average Bonchev–Trinajstić information content (AvgIpc) is 2.51. The quantitative estimate of drug-likeness (QED) is 0.751. The predicted molar refractivity (Wildman–Crippen MR) is 94.9 cm³/mol. The molecule has 9 heteroatoms. The van der Waals surface area contributed by atoms with Crippen molar-refractivity contribution in [1.82, 2.24) is 19.6 Å². The van der Waals surface area contributed by atoms with E-state index in [9.17, 15) is 18.0 Å². The van der Waals surface area contributed by atoms with Crippen LogP contribution in [0, 0.1) is 11.8 Å². The molecule has 2 rings (SSSR count). The first-order valence-electron chi connectivity index (χ1n) is 8.48. The number of rotatable bonds is 6. The first-order valence-corrected chi connectivity index (χ1v) is 10.3. The molecule has 0 aromatic carbocycles. The van der Waals surface area contributed by atoms with Crippen molar-refractivity contribution in [2.45, 2.75) is 33.1 Å². The van der Waals surface area contributed by atoms with Crippen LogP contribution in [0.5, 0.6) is 0 Å². The molecule has 2 N–H and O–H groups in total. The number of piperidine rings is 1. The fourth-order valence-corrected chi connectivity index (χ4v) is 3.94. The number of aromatic amines is 1. The van der Waals surface area contributed by atoms with Crippen molar-refractivity contribution in [2.75, 3.05) is 25.9 Å². The van der Waals surface area contributed by atoms with Crippen molar-refractivity contribution in [2.24, 2.45) is 11.8 Å². The first kappa shape index (κ1) is 19.6. The number of hydrogen-bond donors (Lipinski definition) is 2. The van der Waals surface area contributed by atoms with Gasteiger partial charge in [-0.2, -0.15) is 4.98 Å². The number of carbonyl (C=O) groups excluding carboxylic acids is 1. The van der Waals surface area contributed by atoms with Gasteiger partial charge in [-0.1, -0.05) is 13.8 Å². The van der Waals surface area contributed by atoms with Crippen molar-refractivity contribution >= 4 is 15.9 Å². The van der Waals surface area contributed by atoms with Crippen LogP contribution < -0.4 is 11.0 Å². The molecule has 2 heterocycles. The molecular weight excluding hydrogens is 344 g/mol. The number of amides is 1. The highest BCUT2D eigenvalue weighted by molar-refractivity contribution is 7.88. The maximum atomic E-state index is 12.3. The van der Waals surface area contributed by atoms with Crippen LogP contribution in [0.3, 0.4) is 0 Å². The summed E-state index contributed by atoms with van der Waals surface area (Å²) in [6.45, 7) is 5.33. The van der Waals surface area contributed by atoms with Gasteiger partial charge in [0.1, 0.15) is 5.69 Å². The highest BCUT2D eigenvalue weighted by atomic mass is 32.2. The second kappa shape index (κ2) is 8.09. The lowest BCUT2D eigenvalue weighted by Gasteiger charge is -2.30. The Hall–Kier alpha value is -1.74. The van der Waals surface area contributed by atoms with E-state index in [1.165, 1.54) is 10.6 Å². The Balaban J connectivity index is 1.98. The number of carbonyl (C=O) groups is 1. The third-order valence-electron chi connectivity index (χ3n) is 4.16. The molecule has 1 unspecified atom stereocenters. The average molecular weight is 370 g/mol. The highest BCUT2D eigenvalue weighted by Gasteiger charge is 2.26. The number of nitrogens with zero attached hydrogens (tertiary/aromatic N) is 2. The van der Waals surface area contributed by atoms with Crippen molar-refractivity contribution in [3.63, 3.8) is 0 Å². The van der Waals surface area contributed by atoms with E-state index < -0.39 is 21.6 Å². The van der Waals surface area contributed by atoms with Gasteiger partial charge in [0.2, 0.25) is 10.0 Å². The zero-order valence-electron chi connectivity index (χ0n) is 14.9. The molecule has 25 heavy (non-hydrogen) atoms. The van der Waals surface area contributed by atoms with Crippen LogP contribution >= 0.6 is 0 Å². The summed E-state index contributed by atoms with van der Waals surface area (Å²) in [6, 6.07) is 1.60. The minimum Gasteiger partial charge on any atom is -0.350 e. The second-order valence-corrected chi connectivity index (χ2v) is 9.02. The summed E-state index contributed by atoms with van der Waals surface area (Å²) < 4.78 is 24.7. The summed E-state index contributed by atoms with van der Waals surface area (Å²) in [5, 5.41) is 2.77. The standard InChI is InChI=1S/C16H26N4O4S/c1-11(2)7-13-8-14(19-16(22)18-13)15(21)17-9-12-5-4-6-20(10-12)25(3,23)24/h8,11-12H,4-7,9-10H2,1-3H3,(H,17,21)(H,18,19,22). The Kier molecular flexibility index (Phi) is 6.34. The summed E-state index contributed by atoms with van der Waals surface area (Å²) in [6.07, 6.45) is 3.48. The summed E-state index contributed by atoms with van der Waals surface area (Å²) >= 11 is 0. The minimum atomic E-state index is -3.21. The zero-order valence-corrected chi connectivity index (χ0v) is 15.7. The van der Waals surface area contributed by atoms with Crippen LogP contribution in [0.1, 0.15) is 42.9 Å². The summed E-state index contributed by atoms with van der Waals surface area (Å²) in [5.41, 5.74) is 0.237. The van der Waals surface area contributed by atoms with Gasteiger partial charge >= 0.3 is 5.69 Å². The molecule has 1 aliphatic rings. The number of hydrogen-bond acceptors (Lipinski definition) is 5. The Bertz CT molecular complexity index is 773. The molecule has 0 saturated carbocycles. The van der Waals surface area contributed by atoms with E-state index in [0.717, 1.165) is 12.8 Å². The van der Waals surface area contributed by atoms with Gasteiger partial charge in [0, 0.05) is 25.3 Å². The van der Waals surface area contributed by atoms with Crippen LogP contribution in [0.25, 0.3) is 0 Å². The molecular formula is C16H26N4O4S. The smallest absolute Gasteiger partial charge is 0.345 e. The number of aromatic nitrogens is 2. The lowest BCUT2D eigenvalue weighted by atomic mass is 9.99. The van der Waals surface area contributed by atoms with Gasteiger partial charge in [0.15, 0.2) is 0 Å². The van der Waals surface area contributed by atoms with Gasteiger partial charge in [-0.05, 0) is 37.2 Å². The maximum Gasteiger partial charge on any atom is 0.345 e. The Morgan fingerprint density at radius 1 is 1.48 bits per heavy atom. The number of sulfonamides is 1. The van der Waals surface area contributed by atoms with Crippen LogP contribution in [-0.4, -0.2) is 54.5 Å². The third-order valence-corrected chi connectivity index (χ3v) is 5.43. The third kappa shape index (κ3) is 5.93. The molecule has 1 aliphatic heterocycles. The molecule has 1 atom stereocenters. The molecule has 1 amide bonds. The fraction of sp³-hybridized carbons (Fsp3) is 0.688. The van der Waals surface area contributed by atoms with Crippen LogP contribution in [0.15, 0.2) is 10.9 Å². The molecule has 0 bridgehead atoms. The van der Waals surface area contributed by atoms with Crippen LogP contribution in [-0.2, 0) is 16.4 Å². The van der Waals surface area contributed by atoms with Crippen molar-refractivity contribution in [3.8, 4) is 0 Å². The van der Waals surface area contributed by atoms with E-state index >= 15 is 0 Å². The van der Waals surface area contributed by atoms with Crippen molar-refractivity contribution in [3.05, 3.63) is 27.9 Å². The Morgan fingerprint density at radius 3 is 2.84 bits per heavy atom. The van der Waals surface area contributed by atoms with Gasteiger partial charge in [-0.15, -0.1) is 0 Å². The second-order valence-electron chi connectivity index (χ2n) is 7.03. The van der Waals surface area contributed by atoms with Crippen LogP contribution in [0.4, 0.5) is 0 Å². The lowest BCUT2D eigenvalue weighted by Crippen LogP contribution is -2.43. The van der Waals surface area contributed by atoms with E-state index in [0.29, 0.717) is 37.7 Å². The number of nitrogens with one attached hydrogen (secondary N) is 2. The molecule has 1 fully saturated rings. The molecule has 0 aliphatic carbocycles. The van der Waals surface area contributed by atoms with E-state index in [1.807, 2.05) is 13.8 Å².